The second-order valence-corrected chi connectivity index (χ2v) is 14.2. The molecule has 230 valence electrons. The maximum atomic E-state index is 13.6. The third-order valence-electron chi connectivity index (χ3n) is 10.2. The van der Waals surface area contributed by atoms with Gasteiger partial charge in [-0.25, -0.2) is 5.43 Å². The Balaban J connectivity index is 1.07. The summed E-state index contributed by atoms with van der Waals surface area (Å²) < 4.78 is 12.5. The van der Waals surface area contributed by atoms with Crippen LogP contribution in [0.2, 0.25) is 0 Å². The van der Waals surface area contributed by atoms with Crippen LogP contribution in [0.15, 0.2) is 21.7 Å². The van der Waals surface area contributed by atoms with Crippen molar-refractivity contribution in [1.29, 1.82) is 0 Å². The second-order valence-electron chi connectivity index (χ2n) is 13.3. The van der Waals surface area contributed by atoms with E-state index in [4.69, 9.17) is 24.4 Å². The van der Waals surface area contributed by atoms with Gasteiger partial charge in [-0.1, -0.05) is 0 Å². The van der Waals surface area contributed by atoms with Crippen LogP contribution in [-0.4, -0.2) is 60.4 Å². The summed E-state index contributed by atoms with van der Waals surface area (Å²) >= 11 is 3.64. The van der Waals surface area contributed by atoms with Crippen LogP contribution < -0.4 is 24.7 Å². The first-order valence-electron chi connectivity index (χ1n) is 16.1. The lowest BCUT2D eigenvalue weighted by Crippen LogP contribution is -2.51. The first-order valence-corrected chi connectivity index (χ1v) is 16.9. The zero-order valence-electron chi connectivity index (χ0n) is 25.1. The topological polar surface area (TPSA) is 105 Å². The number of esters is 1. The Morgan fingerprint density at radius 1 is 0.907 bits per heavy atom. The van der Waals surface area contributed by atoms with E-state index in [0.29, 0.717) is 51.6 Å². The molecule has 2 aliphatic heterocycles. The van der Waals surface area contributed by atoms with Gasteiger partial charge in [0.15, 0.2) is 11.5 Å². The van der Waals surface area contributed by atoms with Gasteiger partial charge < -0.3 is 19.3 Å². The van der Waals surface area contributed by atoms with Gasteiger partial charge in [0.05, 0.1) is 23.2 Å². The Labute approximate surface area is 262 Å². The van der Waals surface area contributed by atoms with Gasteiger partial charge in [-0.2, -0.15) is 20.1 Å². The third kappa shape index (κ3) is 6.06. The molecule has 0 amide bonds. The average Bonchev–Trinajstić information content (AvgIpc) is 3.02. The number of aromatic nitrogens is 3. The van der Waals surface area contributed by atoms with Crippen LogP contribution in [-0.2, 0) is 4.79 Å². The van der Waals surface area contributed by atoms with Crippen LogP contribution in [0.5, 0.6) is 11.5 Å². The highest BCUT2D eigenvalue weighted by Gasteiger charge is 2.55. The number of carbonyl (C=O) groups is 1. The summed E-state index contributed by atoms with van der Waals surface area (Å²) in [5.41, 5.74) is 3.49. The summed E-state index contributed by atoms with van der Waals surface area (Å²) in [6.45, 7) is 3.83. The highest BCUT2D eigenvalue weighted by Crippen LogP contribution is 2.60. The van der Waals surface area contributed by atoms with E-state index in [2.05, 4.69) is 36.3 Å². The molecule has 4 saturated carbocycles. The lowest BCUT2D eigenvalue weighted by molar-refractivity contribution is -0.161. The molecule has 4 aliphatic carbocycles. The predicted octanol–water partition coefficient (Wildman–Crippen LogP) is 6.19. The summed E-state index contributed by atoms with van der Waals surface area (Å²) in [7, 11) is 1.60. The van der Waals surface area contributed by atoms with Crippen LogP contribution in [0.4, 0.5) is 17.8 Å². The first-order chi connectivity index (χ1) is 21.0. The van der Waals surface area contributed by atoms with Crippen LogP contribution in [0.25, 0.3) is 0 Å². The van der Waals surface area contributed by atoms with E-state index in [1.165, 1.54) is 32.1 Å². The van der Waals surface area contributed by atoms with E-state index in [-0.39, 0.29) is 11.4 Å². The molecule has 0 radical (unpaired) electrons. The first kappa shape index (κ1) is 28.8. The van der Waals surface area contributed by atoms with Crippen molar-refractivity contribution >= 4 is 46.0 Å². The molecular formula is C32H42BrN7O3. The van der Waals surface area contributed by atoms with E-state index >= 15 is 0 Å². The number of piperidine rings is 2. The summed E-state index contributed by atoms with van der Waals surface area (Å²) in [6, 6.07) is 3.73. The van der Waals surface area contributed by atoms with Gasteiger partial charge in [0, 0.05) is 26.2 Å². The molecule has 0 unspecified atom stereocenters. The lowest BCUT2D eigenvalue weighted by atomic mass is 9.49. The fourth-order valence-electron chi connectivity index (χ4n) is 8.51. The molecule has 1 aromatic carbocycles. The third-order valence-corrected chi connectivity index (χ3v) is 10.8. The molecule has 8 rings (SSSR count). The lowest BCUT2D eigenvalue weighted by Gasteiger charge is -2.55. The number of nitrogens with zero attached hydrogens (tertiary/aromatic N) is 6. The van der Waals surface area contributed by atoms with E-state index < -0.39 is 0 Å². The van der Waals surface area contributed by atoms with Gasteiger partial charge in [0.1, 0.15) is 0 Å². The molecule has 0 spiro atoms. The molecule has 6 fully saturated rings. The monoisotopic (exact) mass is 651 g/mol. The summed E-state index contributed by atoms with van der Waals surface area (Å²) in [6.07, 6.45) is 15.5. The number of hydrogen-bond donors (Lipinski definition) is 1. The van der Waals surface area contributed by atoms with Gasteiger partial charge >= 0.3 is 5.97 Å². The van der Waals surface area contributed by atoms with Crippen molar-refractivity contribution in [3.63, 3.8) is 0 Å². The number of ether oxygens (including phenoxy) is 2. The number of hydrogen-bond acceptors (Lipinski definition) is 10. The molecule has 43 heavy (non-hydrogen) atoms. The Hall–Kier alpha value is -2.95. The fourth-order valence-corrected chi connectivity index (χ4v) is 9.05. The molecule has 4 bridgehead atoms. The van der Waals surface area contributed by atoms with Crippen molar-refractivity contribution in [3.8, 4) is 11.5 Å². The number of rotatable bonds is 8. The molecule has 3 heterocycles. The zero-order chi connectivity index (χ0) is 29.4. The number of halogens is 1. The van der Waals surface area contributed by atoms with Crippen molar-refractivity contribution in [2.24, 2.45) is 28.3 Å². The molecule has 10 nitrogen and oxygen atoms in total. The van der Waals surface area contributed by atoms with Gasteiger partial charge in [-0.3, -0.25) is 4.79 Å². The predicted molar refractivity (Wildman–Crippen MR) is 170 cm³/mol. The number of nitrogens with one attached hydrogen (secondary N) is 1. The summed E-state index contributed by atoms with van der Waals surface area (Å²) in [5.74, 6) is 4.70. The van der Waals surface area contributed by atoms with E-state index in [0.717, 1.165) is 76.7 Å². The molecule has 11 heteroatoms. The van der Waals surface area contributed by atoms with E-state index in [1.54, 1.807) is 13.3 Å². The molecule has 0 atom stereocenters. The number of hydrazone groups is 1. The van der Waals surface area contributed by atoms with Gasteiger partial charge in [0.2, 0.25) is 17.8 Å². The van der Waals surface area contributed by atoms with Crippen molar-refractivity contribution in [1.82, 2.24) is 15.0 Å². The normalized spacial score (nSPS) is 28.4. The van der Waals surface area contributed by atoms with Gasteiger partial charge in [-0.15, -0.1) is 0 Å². The molecule has 1 aromatic heterocycles. The molecule has 2 aromatic rings. The van der Waals surface area contributed by atoms with E-state index in [1.807, 2.05) is 12.1 Å². The van der Waals surface area contributed by atoms with E-state index in [9.17, 15) is 4.79 Å². The highest BCUT2D eigenvalue weighted by atomic mass is 79.9. The minimum atomic E-state index is -0.339. The Morgan fingerprint density at radius 2 is 1.47 bits per heavy atom. The highest BCUT2D eigenvalue weighted by molar-refractivity contribution is 9.10. The van der Waals surface area contributed by atoms with Gasteiger partial charge in [-0.05, 0) is 128 Å². The van der Waals surface area contributed by atoms with Gasteiger partial charge in [0.25, 0.3) is 0 Å². The Kier molecular flexibility index (Phi) is 8.18. The van der Waals surface area contributed by atoms with Crippen molar-refractivity contribution in [2.75, 3.05) is 48.5 Å². The minimum absolute atomic E-state index is 0.0995. The molecular weight excluding hydrogens is 610 g/mol. The number of benzene rings is 1. The quantitative estimate of drug-likeness (QED) is 0.155. The Bertz CT molecular complexity index is 1300. The SMILES string of the molecule is COc1cc(/C=N/Nc2nc(N3CCCCC3)nc(N3CCCCC3)n2)cc(Br)c1OC(=O)C12CC3CC(CC(C3)C1)C2. The molecule has 2 saturated heterocycles. The molecule has 6 aliphatic rings. The number of carbonyl (C=O) groups excluding carboxylic acids is 1. The summed E-state index contributed by atoms with van der Waals surface area (Å²) in [4.78, 5) is 32.4. The van der Waals surface area contributed by atoms with Crippen LogP contribution in [0.3, 0.4) is 0 Å². The van der Waals surface area contributed by atoms with Crippen LogP contribution in [0.1, 0.15) is 82.6 Å². The average molecular weight is 653 g/mol. The fraction of sp³-hybridized carbons (Fsp3) is 0.656. The largest absolute Gasteiger partial charge is 0.493 e. The zero-order valence-corrected chi connectivity index (χ0v) is 26.6. The van der Waals surface area contributed by atoms with Crippen LogP contribution in [0, 0.1) is 23.2 Å². The molecule has 1 N–H and O–H groups in total. The van der Waals surface area contributed by atoms with Crippen LogP contribution >= 0.6 is 15.9 Å². The smallest absolute Gasteiger partial charge is 0.317 e. The summed E-state index contributed by atoms with van der Waals surface area (Å²) in [5, 5.41) is 4.47. The Morgan fingerprint density at radius 3 is 2.00 bits per heavy atom. The van der Waals surface area contributed by atoms with Crippen molar-refractivity contribution in [3.05, 3.63) is 22.2 Å². The number of anilines is 3. The van der Waals surface area contributed by atoms with Crippen molar-refractivity contribution < 1.29 is 14.3 Å². The van der Waals surface area contributed by atoms with Crippen molar-refractivity contribution in [2.45, 2.75) is 77.0 Å². The number of methoxy groups -OCH3 is 1. The minimum Gasteiger partial charge on any atom is -0.493 e. The maximum absolute atomic E-state index is 13.6. The standard InChI is InChI=1S/C32H42BrN7O3/c1-42-26-16-24(15-25(33)27(26)43-28(41)32-17-21-12-22(18-32)14-23(13-21)19-32)20-34-38-29-35-30(39-8-4-2-5-9-39)37-31(36-29)40-10-6-3-7-11-40/h15-16,20-23H,2-14,17-19H2,1H3,(H,35,36,37,38)/b34-20+. The maximum Gasteiger partial charge on any atom is 0.317 e. The second kappa shape index (κ2) is 12.2.